The van der Waals surface area contributed by atoms with Crippen LogP contribution in [0.3, 0.4) is 0 Å². The van der Waals surface area contributed by atoms with Gasteiger partial charge in [-0.1, -0.05) is 30.8 Å². The van der Waals surface area contributed by atoms with Crippen molar-refractivity contribution < 1.29 is 13.9 Å². The highest BCUT2D eigenvalue weighted by Crippen LogP contribution is 2.26. The van der Waals surface area contributed by atoms with E-state index >= 15 is 0 Å². The van der Waals surface area contributed by atoms with Gasteiger partial charge in [-0.15, -0.1) is 10.2 Å². The first-order chi connectivity index (χ1) is 15.5. The summed E-state index contributed by atoms with van der Waals surface area (Å²) >= 11 is 1.20. The predicted molar refractivity (Wildman–Crippen MR) is 120 cm³/mol. The third-order valence-electron chi connectivity index (χ3n) is 4.81. The molecular weight excluding hydrogens is 433 g/mol. The molecule has 0 unspecified atom stereocenters. The van der Waals surface area contributed by atoms with Crippen LogP contribution in [0.15, 0.2) is 70.9 Å². The van der Waals surface area contributed by atoms with Crippen LogP contribution >= 0.6 is 11.8 Å². The highest BCUT2D eigenvalue weighted by molar-refractivity contribution is 8.00. The van der Waals surface area contributed by atoms with Crippen LogP contribution in [0.5, 0.6) is 5.75 Å². The molecule has 1 N–H and O–H groups in total. The van der Waals surface area contributed by atoms with Crippen LogP contribution < -0.4 is 15.6 Å². The van der Waals surface area contributed by atoms with Crippen LogP contribution in [0.2, 0.25) is 0 Å². The number of thioether (sulfide) groups is 1. The molecule has 10 heteroatoms. The zero-order chi connectivity index (χ0) is 22.7. The second-order valence-corrected chi connectivity index (χ2v) is 8.00. The Morgan fingerprint density at radius 1 is 1.16 bits per heavy atom. The molecule has 2 aromatic carbocycles. The number of anilines is 1. The molecule has 1 amide bonds. The molecule has 0 saturated heterocycles. The first-order valence-corrected chi connectivity index (χ1v) is 10.7. The third-order valence-corrected chi connectivity index (χ3v) is 6.13. The van der Waals surface area contributed by atoms with Gasteiger partial charge in [0.2, 0.25) is 11.6 Å². The van der Waals surface area contributed by atoms with Gasteiger partial charge in [0.1, 0.15) is 11.6 Å². The van der Waals surface area contributed by atoms with Crippen molar-refractivity contribution in [2.75, 3.05) is 12.4 Å². The summed E-state index contributed by atoms with van der Waals surface area (Å²) in [7, 11) is 1.54. The number of nitrogens with one attached hydrogen (secondary N) is 1. The normalized spacial score (nSPS) is 12.0. The smallest absolute Gasteiger partial charge is 0.300 e. The Kier molecular flexibility index (Phi) is 6.22. The number of amides is 1. The summed E-state index contributed by atoms with van der Waals surface area (Å²) in [4.78, 5) is 25.7. The van der Waals surface area contributed by atoms with Crippen molar-refractivity contribution in [3.63, 3.8) is 0 Å². The molecule has 0 spiro atoms. The van der Waals surface area contributed by atoms with Crippen LogP contribution in [0, 0.1) is 5.82 Å². The Labute approximate surface area is 187 Å². The fraction of sp³-hybridized carbons (Fsp3) is 0.182. The van der Waals surface area contributed by atoms with Crippen LogP contribution in [0.1, 0.15) is 13.3 Å². The molecule has 0 saturated carbocycles. The number of ether oxygens (including phenoxy) is 1. The lowest BCUT2D eigenvalue weighted by Gasteiger charge is -2.14. The molecule has 0 fully saturated rings. The average molecular weight is 453 g/mol. The summed E-state index contributed by atoms with van der Waals surface area (Å²) in [6.45, 7) is 1.87. The molecular formula is C22H20FN5O3S. The third kappa shape index (κ3) is 4.22. The topological polar surface area (TPSA) is 90.5 Å². The van der Waals surface area contributed by atoms with E-state index in [9.17, 15) is 14.0 Å². The monoisotopic (exact) mass is 453 g/mol. The molecule has 32 heavy (non-hydrogen) atoms. The molecule has 8 nitrogen and oxygen atoms in total. The zero-order valence-electron chi connectivity index (χ0n) is 17.4. The zero-order valence-corrected chi connectivity index (χ0v) is 18.2. The van der Waals surface area contributed by atoms with E-state index in [1.54, 1.807) is 28.9 Å². The molecule has 1 atom stereocenters. The highest BCUT2D eigenvalue weighted by Gasteiger charge is 2.22. The summed E-state index contributed by atoms with van der Waals surface area (Å²) in [5.74, 6) is -0.0714. The molecule has 164 valence electrons. The molecule has 4 rings (SSSR count). The molecule has 0 bridgehead atoms. The maximum absolute atomic E-state index is 13.1. The number of benzene rings is 2. The average Bonchev–Trinajstić information content (AvgIpc) is 3.22. The van der Waals surface area contributed by atoms with Crippen molar-refractivity contribution >= 4 is 29.0 Å². The van der Waals surface area contributed by atoms with Crippen LogP contribution in [-0.2, 0) is 4.79 Å². The van der Waals surface area contributed by atoms with Crippen LogP contribution in [0.25, 0.3) is 11.3 Å². The van der Waals surface area contributed by atoms with E-state index in [1.165, 1.54) is 47.7 Å². The van der Waals surface area contributed by atoms with Crippen molar-refractivity contribution in [1.82, 2.24) is 19.2 Å². The van der Waals surface area contributed by atoms with Crippen molar-refractivity contribution in [1.29, 1.82) is 0 Å². The number of fused-ring (bicyclic) bond motifs is 1. The highest BCUT2D eigenvalue weighted by atomic mass is 32.2. The number of hydrogen-bond donors (Lipinski definition) is 1. The number of methoxy groups -OCH3 is 1. The Balaban J connectivity index is 1.61. The van der Waals surface area contributed by atoms with Gasteiger partial charge in [0.15, 0.2) is 5.16 Å². The summed E-state index contributed by atoms with van der Waals surface area (Å²) in [6.07, 6.45) is 3.81. The van der Waals surface area contributed by atoms with Gasteiger partial charge in [-0.25, -0.2) is 4.39 Å². The maximum atomic E-state index is 13.1. The summed E-state index contributed by atoms with van der Waals surface area (Å²) < 4.78 is 21.4. The van der Waals surface area contributed by atoms with Gasteiger partial charge in [-0.3, -0.25) is 18.6 Å². The fourth-order valence-corrected chi connectivity index (χ4v) is 4.11. The minimum Gasteiger partial charge on any atom is -0.495 e. The Morgan fingerprint density at radius 3 is 2.62 bits per heavy atom. The number of rotatable bonds is 7. The predicted octanol–water partition coefficient (Wildman–Crippen LogP) is 3.54. The van der Waals surface area contributed by atoms with Gasteiger partial charge in [-0.2, -0.15) is 0 Å². The van der Waals surface area contributed by atoms with E-state index in [1.807, 2.05) is 19.1 Å². The second-order valence-electron chi connectivity index (χ2n) is 6.83. The van der Waals surface area contributed by atoms with Gasteiger partial charge in [0.05, 0.1) is 18.0 Å². The largest absolute Gasteiger partial charge is 0.495 e. The minimum absolute atomic E-state index is 0.134. The summed E-state index contributed by atoms with van der Waals surface area (Å²) in [5, 5.41) is 10.9. The number of aromatic nitrogens is 4. The van der Waals surface area contributed by atoms with E-state index in [-0.39, 0.29) is 22.9 Å². The molecule has 4 aromatic rings. The quantitative estimate of drug-likeness (QED) is 0.431. The van der Waals surface area contributed by atoms with E-state index < -0.39 is 5.25 Å². The van der Waals surface area contributed by atoms with Crippen molar-refractivity contribution in [2.45, 2.75) is 23.8 Å². The van der Waals surface area contributed by atoms with Crippen LogP contribution in [0.4, 0.5) is 10.1 Å². The van der Waals surface area contributed by atoms with Gasteiger partial charge >= 0.3 is 5.56 Å². The van der Waals surface area contributed by atoms with Crippen molar-refractivity contribution in [2.24, 2.45) is 0 Å². The van der Waals surface area contributed by atoms with Gasteiger partial charge in [0, 0.05) is 18.1 Å². The first-order valence-electron chi connectivity index (χ1n) is 9.84. The van der Waals surface area contributed by atoms with Crippen molar-refractivity contribution in [3.8, 4) is 11.4 Å². The molecule has 2 aromatic heterocycles. The Hall–Kier alpha value is -3.66. The number of hydrogen-bond acceptors (Lipinski definition) is 6. The lowest BCUT2D eigenvalue weighted by atomic mass is 10.2. The first kappa shape index (κ1) is 21.6. The molecule has 0 aliphatic carbocycles. The van der Waals surface area contributed by atoms with E-state index in [0.717, 1.165) is 0 Å². The molecule has 0 aliphatic rings. The summed E-state index contributed by atoms with van der Waals surface area (Å²) in [6, 6.07) is 12.7. The van der Waals surface area contributed by atoms with Gasteiger partial charge in [-0.05, 0) is 42.8 Å². The van der Waals surface area contributed by atoms with Gasteiger partial charge < -0.3 is 10.1 Å². The standard InChI is InChI=1S/C22H20FN5O3S/c1-3-18(20(29)24-15-10-8-14(23)9-11-15)32-22-26-25-19-21(30)27(12-13-28(19)22)16-6-4-5-7-17(16)31-2/h4-13,18H,3H2,1-2H3,(H,24,29)/t18-/m1/s1. The fourth-order valence-electron chi connectivity index (χ4n) is 3.17. The Morgan fingerprint density at radius 2 is 1.91 bits per heavy atom. The molecule has 2 heterocycles. The minimum atomic E-state index is -0.482. The maximum Gasteiger partial charge on any atom is 0.300 e. The van der Waals surface area contributed by atoms with Gasteiger partial charge in [0.25, 0.3) is 0 Å². The number of halogens is 1. The van der Waals surface area contributed by atoms with E-state index in [0.29, 0.717) is 28.7 Å². The number of carbonyl (C=O) groups is 1. The number of para-hydroxylation sites is 2. The second kappa shape index (κ2) is 9.23. The SMILES string of the molecule is CC[C@@H](Sc1nnc2c(=O)n(-c3ccccc3OC)ccn12)C(=O)Nc1ccc(F)cc1. The lowest BCUT2D eigenvalue weighted by molar-refractivity contribution is -0.115. The number of carbonyl (C=O) groups excluding carboxylic acids is 1. The lowest BCUT2D eigenvalue weighted by Crippen LogP contribution is -2.25. The van der Waals surface area contributed by atoms with E-state index in [2.05, 4.69) is 15.5 Å². The molecule has 0 radical (unpaired) electrons. The van der Waals surface area contributed by atoms with Crippen molar-refractivity contribution in [3.05, 3.63) is 77.1 Å². The van der Waals surface area contributed by atoms with E-state index in [4.69, 9.17) is 4.74 Å². The van der Waals surface area contributed by atoms with Crippen LogP contribution in [-0.4, -0.2) is 37.4 Å². The molecule has 0 aliphatic heterocycles. The summed E-state index contributed by atoms with van der Waals surface area (Å²) in [5.41, 5.74) is 0.862. The Bertz CT molecular complexity index is 1320. The number of nitrogens with zero attached hydrogens (tertiary/aromatic N) is 4.